The zero-order chi connectivity index (χ0) is 13.9. The maximum absolute atomic E-state index is 12.9. The van der Waals surface area contributed by atoms with Crippen molar-refractivity contribution in [2.24, 2.45) is 5.73 Å². The monoisotopic (exact) mass is 281 g/mol. The third-order valence-corrected chi connectivity index (χ3v) is 2.94. The molecule has 1 aromatic carbocycles. The van der Waals surface area contributed by atoms with E-state index in [1.54, 1.807) is 6.92 Å². The van der Waals surface area contributed by atoms with Crippen LogP contribution >= 0.6 is 11.6 Å². The van der Waals surface area contributed by atoms with Gasteiger partial charge in [0, 0.05) is 5.02 Å². The molecule has 2 nitrogen and oxygen atoms in total. The Bertz CT molecular complexity index is 421. The van der Waals surface area contributed by atoms with Crippen molar-refractivity contribution in [3.63, 3.8) is 0 Å². The van der Waals surface area contributed by atoms with Crippen LogP contribution in [0.1, 0.15) is 30.4 Å². The largest absolute Gasteiger partial charge is 0.496 e. The molecule has 1 atom stereocenters. The minimum Gasteiger partial charge on any atom is -0.496 e. The van der Waals surface area contributed by atoms with E-state index in [9.17, 15) is 13.2 Å². The number of halogens is 4. The van der Waals surface area contributed by atoms with Gasteiger partial charge in [-0.05, 0) is 36.6 Å². The highest BCUT2D eigenvalue weighted by molar-refractivity contribution is 6.30. The molecule has 0 aromatic heterocycles. The number of benzene rings is 1. The topological polar surface area (TPSA) is 35.2 Å². The van der Waals surface area contributed by atoms with E-state index in [1.165, 1.54) is 13.2 Å². The minimum atomic E-state index is -4.49. The number of rotatable bonds is 4. The van der Waals surface area contributed by atoms with Gasteiger partial charge in [0.25, 0.3) is 0 Å². The van der Waals surface area contributed by atoms with Gasteiger partial charge in [0.15, 0.2) is 0 Å². The van der Waals surface area contributed by atoms with Crippen LogP contribution in [0.2, 0.25) is 5.02 Å². The first-order valence-electron chi connectivity index (χ1n) is 5.46. The lowest BCUT2D eigenvalue weighted by Crippen LogP contribution is -2.12. The molecule has 2 N–H and O–H groups in total. The number of ether oxygens (including phenoxy) is 1. The Hall–Kier alpha value is -0.940. The van der Waals surface area contributed by atoms with Gasteiger partial charge in [0.2, 0.25) is 0 Å². The van der Waals surface area contributed by atoms with Gasteiger partial charge >= 0.3 is 6.18 Å². The highest BCUT2D eigenvalue weighted by Crippen LogP contribution is 2.42. The summed E-state index contributed by atoms with van der Waals surface area (Å²) in [5.41, 5.74) is 5.01. The molecule has 1 unspecified atom stereocenters. The molecule has 6 heteroatoms. The van der Waals surface area contributed by atoms with E-state index in [-0.39, 0.29) is 16.7 Å². The number of nitrogens with two attached hydrogens (primary N) is 1. The molecule has 0 saturated carbocycles. The van der Waals surface area contributed by atoms with Gasteiger partial charge in [0.05, 0.1) is 12.7 Å². The molecule has 0 fully saturated rings. The SMILES string of the molecule is COc1c(C(C)CCN)cc(Cl)cc1C(F)(F)F. The number of hydrogen-bond acceptors (Lipinski definition) is 2. The van der Waals surface area contributed by atoms with Crippen molar-refractivity contribution in [1.29, 1.82) is 0 Å². The molecule has 0 amide bonds. The van der Waals surface area contributed by atoms with Crippen LogP contribution in [-0.4, -0.2) is 13.7 Å². The van der Waals surface area contributed by atoms with Crippen LogP contribution < -0.4 is 10.5 Å². The predicted octanol–water partition coefficient (Wildman–Crippen LogP) is 3.82. The fraction of sp³-hybridized carbons (Fsp3) is 0.500. The second kappa shape index (κ2) is 5.80. The molecule has 0 heterocycles. The standard InChI is InChI=1S/C12H15ClF3NO/c1-7(3-4-17)9-5-8(13)6-10(11(9)18-2)12(14,15)16/h5-7H,3-4,17H2,1-2H3. The molecular formula is C12H15ClF3NO. The van der Waals surface area contributed by atoms with Gasteiger partial charge < -0.3 is 10.5 Å². The summed E-state index contributed by atoms with van der Waals surface area (Å²) in [4.78, 5) is 0. The van der Waals surface area contributed by atoms with Crippen molar-refractivity contribution in [2.45, 2.75) is 25.4 Å². The summed E-state index contributed by atoms with van der Waals surface area (Å²) in [6.45, 7) is 2.18. The lowest BCUT2D eigenvalue weighted by atomic mass is 9.94. The average Bonchev–Trinajstić information content (AvgIpc) is 2.27. The average molecular weight is 282 g/mol. The van der Waals surface area contributed by atoms with Crippen LogP contribution in [0, 0.1) is 0 Å². The quantitative estimate of drug-likeness (QED) is 0.910. The van der Waals surface area contributed by atoms with E-state index >= 15 is 0 Å². The Labute approximate surface area is 109 Å². The van der Waals surface area contributed by atoms with Crippen molar-refractivity contribution >= 4 is 11.6 Å². The third-order valence-electron chi connectivity index (χ3n) is 2.72. The fourth-order valence-electron chi connectivity index (χ4n) is 1.82. The fourth-order valence-corrected chi connectivity index (χ4v) is 2.05. The van der Waals surface area contributed by atoms with Gasteiger partial charge in [-0.15, -0.1) is 0 Å². The van der Waals surface area contributed by atoms with E-state index in [0.29, 0.717) is 18.5 Å². The molecule has 102 valence electrons. The predicted molar refractivity (Wildman–Crippen MR) is 65.1 cm³/mol. The van der Waals surface area contributed by atoms with Gasteiger partial charge in [-0.25, -0.2) is 0 Å². The second-order valence-electron chi connectivity index (χ2n) is 4.05. The Morgan fingerprint density at radius 1 is 1.39 bits per heavy atom. The second-order valence-corrected chi connectivity index (χ2v) is 4.49. The molecule has 0 bridgehead atoms. The summed E-state index contributed by atoms with van der Waals surface area (Å²) in [6, 6.07) is 2.37. The minimum absolute atomic E-state index is 0.0435. The van der Waals surface area contributed by atoms with Crippen molar-refractivity contribution in [2.75, 3.05) is 13.7 Å². The molecule has 18 heavy (non-hydrogen) atoms. The molecule has 0 aliphatic rings. The van der Waals surface area contributed by atoms with E-state index in [2.05, 4.69) is 0 Å². The Balaban J connectivity index is 3.38. The van der Waals surface area contributed by atoms with E-state index < -0.39 is 11.7 Å². The molecule has 0 saturated heterocycles. The molecular weight excluding hydrogens is 267 g/mol. The maximum atomic E-state index is 12.9. The van der Waals surface area contributed by atoms with Crippen molar-refractivity contribution in [3.8, 4) is 5.75 Å². The van der Waals surface area contributed by atoms with Gasteiger partial charge in [-0.1, -0.05) is 18.5 Å². The number of hydrogen-bond donors (Lipinski definition) is 1. The van der Waals surface area contributed by atoms with Gasteiger partial charge in [-0.3, -0.25) is 0 Å². The highest BCUT2D eigenvalue weighted by atomic mass is 35.5. The zero-order valence-electron chi connectivity index (χ0n) is 10.1. The summed E-state index contributed by atoms with van der Waals surface area (Å²) < 4.78 is 43.5. The third kappa shape index (κ3) is 3.29. The van der Waals surface area contributed by atoms with E-state index in [0.717, 1.165) is 6.07 Å². The number of alkyl halides is 3. The van der Waals surface area contributed by atoms with E-state index in [4.69, 9.17) is 22.1 Å². The molecule has 0 aliphatic heterocycles. The van der Waals surface area contributed by atoms with Crippen molar-refractivity contribution in [3.05, 3.63) is 28.3 Å². The Kier molecular flexibility index (Phi) is 4.87. The molecule has 1 aromatic rings. The van der Waals surface area contributed by atoms with Crippen LogP contribution in [0.4, 0.5) is 13.2 Å². The smallest absolute Gasteiger partial charge is 0.420 e. The summed E-state index contributed by atoms with van der Waals surface area (Å²) >= 11 is 5.74. The van der Waals surface area contributed by atoms with Crippen LogP contribution in [0.3, 0.4) is 0 Å². The van der Waals surface area contributed by atoms with E-state index in [1.807, 2.05) is 0 Å². The lowest BCUT2D eigenvalue weighted by Gasteiger charge is -2.20. The first-order chi connectivity index (χ1) is 8.31. The first kappa shape index (κ1) is 15.1. The Morgan fingerprint density at radius 3 is 2.44 bits per heavy atom. The normalized spacial score (nSPS) is 13.5. The van der Waals surface area contributed by atoms with Crippen LogP contribution in [0.5, 0.6) is 5.75 Å². The van der Waals surface area contributed by atoms with Crippen LogP contribution in [-0.2, 0) is 6.18 Å². The van der Waals surface area contributed by atoms with Crippen LogP contribution in [0.15, 0.2) is 12.1 Å². The molecule has 1 rings (SSSR count). The highest BCUT2D eigenvalue weighted by Gasteiger charge is 2.36. The number of methoxy groups -OCH3 is 1. The summed E-state index contributed by atoms with van der Waals surface area (Å²) in [6.07, 6.45) is -3.93. The van der Waals surface area contributed by atoms with Crippen molar-refractivity contribution in [1.82, 2.24) is 0 Å². The lowest BCUT2D eigenvalue weighted by molar-refractivity contribution is -0.138. The summed E-state index contributed by atoms with van der Waals surface area (Å²) in [5.74, 6) is -0.322. The van der Waals surface area contributed by atoms with Crippen LogP contribution in [0.25, 0.3) is 0 Å². The van der Waals surface area contributed by atoms with Gasteiger partial charge in [0.1, 0.15) is 5.75 Å². The Morgan fingerprint density at radius 2 is 2.00 bits per heavy atom. The van der Waals surface area contributed by atoms with Crippen molar-refractivity contribution < 1.29 is 17.9 Å². The maximum Gasteiger partial charge on any atom is 0.420 e. The molecule has 0 spiro atoms. The summed E-state index contributed by atoms with van der Waals surface area (Å²) in [7, 11) is 1.22. The van der Waals surface area contributed by atoms with Gasteiger partial charge in [-0.2, -0.15) is 13.2 Å². The molecule has 0 aliphatic carbocycles. The molecule has 0 radical (unpaired) electrons. The summed E-state index contributed by atoms with van der Waals surface area (Å²) in [5, 5.41) is 0.0435. The zero-order valence-corrected chi connectivity index (χ0v) is 10.9. The first-order valence-corrected chi connectivity index (χ1v) is 5.83.